The number of carbonyl (C=O) groups excluding carboxylic acids is 1. The molecule has 0 aliphatic heterocycles. The van der Waals surface area contributed by atoms with E-state index in [1.165, 1.54) is 12.1 Å². The van der Waals surface area contributed by atoms with Gasteiger partial charge in [0.15, 0.2) is 0 Å². The summed E-state index contributed by atoms with van der Waals surface area (Å²) >= 11 is 0. The number of nitrogens with one attached hydrogen (secondary N) is 2. The lowest BCUT2D eigenvalue weighted by atomic mass is 10.1. The van der Waals surface area contributed by atoms with E-state index in [4.69, 9.17) is 5.11 Å². The molecule has 0 fully saturated rings. The van der Waals surface area contributed by atoms with E-state index in [0.29, 0.717) is 13.0 Å². The SMILES string of the molecule is CC(CCO)CNC(=O)NC(C)c1ccc(OC(F)F)cc1. The molecule has 0 saturated carbocycles. The Morgan fingerprint density at radius 2 is 1.91 bits per heavy atom. The zero-order chi connectivity index (χ0) is 16.5. The number of alkyl halides is 2. The molecule has 0 bridgehead atoms. The smallest absolute Gasteiger partial charge is 0.387 e. The molecule has 0 radical (unpaired) electrons. The van der Waals surface area contributed by atoms with Gasteiger partial charge in [0.05, 0.1) is 6.04 Å². The predicted octanol–water partition coefficient (Wildman–Crippen LogP) is 2.67. The van der Waals surface area contributed by atoms with Crippen molar-refractivity contribution in [2.75, 3.05) is 13.2 Å². The van der Waals surface area contributed by atoms with Gasteiger partial charge in [-0.25, -0.2) is 4.79 Å². The Balaban J connectivity index is 2.43. The zero-order valence-electron chi connectivity index (χ0n) is 12.7. The van der Waals surface area contributed by atoms with E-state index in [9.17, 15) is 13.6 Å². The average molecular weight is 316 g/mol. The van der Waals surface area contributed by atoms with Crippen LogP contribution in [0.15, 0.2) is 24.3 Å². The molecule has 3 N–H and O–H groups in total. The molecular formula is C15H22F2N2O3. The lowest BCUT2D eigenvalue weighted by Gasteiger charge is -2.17. The van der Waals surface area contributed by atoms with Gasteiger partial charge < -0.3 is 20.5 Å². The Hall–Kier alpha value is -1.89. The number of rotatable bonds is 8. The number of amides is 2. The summed E-state index contributed by atoms with van der Waals surface area (Å²) in [6.07, 6.45) is 0.626. The maximum absolute atomic E-state index is 12.1. The highest BCUT2D eigenvalue weighted by Crippen LogP contribution is 2.19. The lowest BCUT2D eigenvalue weighted by Crippen LogP contribution is -2.39. The maximum Gasteiger partial charge on any atom is 0.387 e. The summed E-state index contributed by atoms with van der Waals surface area (Å²) in [5.74, 6) is 0.269. The van der Waals surface area contributed by atoms with Gasteiger partial charge in [0.25, 0.3) is 0 Å². The third kappa shape index (κ3) is 6.71. The summed E-state index contributed by atoms with van der Waals surface area (Å²) in [6.45, 7) is 1.43. The zero-order valence-corrected chi connectivity index (χ0v) is 12.7. The molecule has 1 aromatic carbocycles. The number of hydrogen-bond acceptors (Lipinski definition) is 3. The minimum atomic E-state index is -2.85. The van der Waals surface area contributed by atoms with Crippen LogP contribution in [0.3, 0.4) is 0 Å². The highest BCUT2D eigenvalue weighted by Gasteiger charge is 2.11. The van der Waals surface area contributed by atoms with E-state index in [2.05, 4.69) is 15.4 Å². The molecule has 1 rings (SSSR count). The van der Waals surface area contributed by atoms with Crippen molar-refractivity contribution >= 4 is 6.03 Å². The Kier molecular flexibility index (Phi) is 7.59. The van der Waals surface area contributed by atoms with Crippen molar-refractivity contribution in [3.05, 3.63) is 29.8 Å². The molecule has 7 heteroatoms. The minimum Gasteiger partial charge on any atom is -0.435 e. The molecule has 22 heavy (non-hydrogen) atoms. The van der Waals surface area contributed by atoms with E-state index < -0.39 is 6.61 Å². The maximum atomic E-state index is 12.1. The van der Waals surface area contributed by atoms with Gasteiger partial charge in [-0.15, -0.1) is 0 Å². The fourth-order valence-electron chi connectivity index (χ4n) is 1.86. The van der Waals surface area contributed by atoms with Gasteiger partial charge in [0.2, 0.25) is 0 Å². The standard InChI is InChI=1S/C15H22F2N2O3/c1-10(7-8-20)9-18-15(21)19-11(2)12-3-5-13(6-4-12)22-14(16)17/h3-6,10-11,14,20H,7-9H2,1-2H3,(H2,18,19,21). The number of ether oxygens (including phenoxy) is 1. The van der Waals surface area contributed by atoms with Crippen LogP contribution in [0, 0.1) is 5.92 Å². The van der Waals surface area contributed by atoms with Crippen LogP contribution in [0.25, 0.3) is 0 Å². The summed E-state index contributed by atoms with van der Waals surface area (Å²) in [4.78, 5) is 11.7. The van der Waals surface area contributed by atoms with E-state index in [1.807, 2.05) is 6.92 Å². The summed E-state index contributed by atoms with van der Waals surface area (Å²) in [5, 5.41) is 14.3. The highest BCUT2D eigenvalue weighted by atomic mass is 19.3. The monoisotopic (exact) mass is 316 g/mol. The van der Waals surface area contributed by atoms with E-state index in [-0.39, 0.29) is 30.3 Å². The fourth-order valence-corrected chi connectivity index (χ4v) is 1.86. The van der Waals surface area contributed by atoms with Crippen molar-refractivity contribution in [2.45, 2.75) is 32.9 Å². The first-order chi connectivity index (χ1) is 10.4. The third-order valence-corrected chi connectivity index (χ3v) is 3.19. The van der Waals surface area contributed by atoms with Gasteiger partial charge >= 0.3 is 12.6 Å². The first-order valence-corrected chi connectivity index (χ1v) is 7.12. The van der Waals surface area contributed by atoms with Gasteiger partial charge in [-0.1, -0.05) is 19.1 Å². The summed E-state index contributed by atoms with van der Waals surface area (Å²) in [7, 11) is 0. The Bertz CT molecular complexity index is 455. The van der Waals surface area contributed by atoms with Gasteiger partial charge in [-0.2, -0.15) is 8.78 Å². The molecule has 1 aromatic rings. The first kappa shape index (κ1) is 18.2. The van der Waals surface area contributed by atoms with Crippen LogP contribution in [-0.4, -0.2) is 30.9 Å². The molecule has 2 amide bonds. The van der Waals surface area contributed by atoms with Crippen LogP contribution in [0.2, 0.25) is 0 Å². The van der Waals surface area contributed by atoms with Gasteiger partial charge in [0.1, 0.15) is 5.75 Å². The van der Waals surface area contributed by atoms with Crippen molar-refractivity contribution in [1.29, 1.82) is 0 Å². The number of urea groups is 1. The Morgan fingerprint density at radius 3 is 2.45 bits per heavy atom. The molecule has 0 spiro atoms. The first-order valence-electron chi connectivity index (χ1n) is 7.12. The number of benzene rings is 1. The molecular weight excluding hydrogens is 294 g/mol. The second-order valence-corrected chi connectivity index (χ2v) is 5.14. The molecule has 0 aliphatic rings. The van der Waals surface area contributed by atoms with Crippen molar-refractivity contribution in [3.63, 3.8) is 0 Å². The van der Waals surface area contributed by atoms with Crippen molar-refractivity contribution in [2.24, 2.45) is 5.92 Å². The summed E-state index contributed by atoms with van der Waals surface area (Å²) < 4.78 is 28.4. The van der Waals surface area contributed by atoms with E-state index >= 15 is 0 Å². The minimum absolute atomic E-state index is 0.0771. The van der Waals surface area contributed by atoms with Crippen LogP contribution < -0.4 is 15.4 Å². The van der Waals surface area contributed by atoms with Crippen LogP contribution in [0.1, 0.15) is 31.9 Å². The number of aliphatic hydroxyl groups excluding tert-OH is 1. The Labute approximate surface area is 128 Å². The molecule has 2 atom stereocenters. The van der Waals surface area contributed by atoms with Crippen molar-refractivity contribution in [3.8, 4) is 5.75 Å². The van der Waals surface area contributed by atoms with Crippen molar-refractivity contribution < 1.29 is 23.4 Å². The normalized spacial score (nSPS) is 13.5. The van der Waals surface area contributed by atoms with Gasteiger partial charge in [-0.05, 0) is 37.0 Å². The topological polar surface area (TPSA) is 70.6 Å². The highest BCUT2D eigenvalue weighted by molar-refractivity contribution is 5.74. The molecule has 0 saturated heterocycles. The molecule has 0 aliphatic carbocycles. The molecule has 2 unspecified atom stereocenters. The van der Waals surface area contributed by atoms with Gasteiger partial charge in [-0.3, -0.25) is 0 Å². The molecule has 124 valence electrons. The largest absolute Gasteiger partial charge is 0.435 e. The van der Waals surface area contributed by atoms with E-state index in [0.717, 1.165) is 5.56 Å². The van der Waals surface area contributed by atoms with Crippen LogP contribution >= 0.6 is 0 Å². The third-order valence-electron chi connectivity index (χ3n) is 3.19. The fraction of sp³-hybridized carbons (Fsp3) is 0.533. The van der Waals surface area contributed by atoms with Crippen molar-refractivity contribution in [1.82, 2.24) is 10.6 Å². The van der Waals surface area contributed by atoms with Crippen LogP contribution in [-0.2, 0) is 0 Å². The number of halogens is 2. The average Bonchev–Trinajstić information content (AvgIpc) is 2.45. The molecule has 5 nitrogen and oxygen atoms in total. The quantitative estimate of drug-likeness (QED) is 0.690. The second kappa shape index (κ2) is 9.19. The molecule has 0 heterocycles. The summed E-state index contributed by atoms with van der Waals surface area (Å²) in [6, 6.07) is 5.52. The van der Waals surface area contributed by atoms with Gasteiger partial charge in [0, 0.05) is 13.2 Å². The van der Waals surface area contributed by atoms with Crippen LogP contribution in [0.5, 0.6) is 5.75 Å². The predicted molar refractivity (Wildman–Crippen MR) is 78.9 cm³/mol. The van der Waals surface area contributed by atoms with Crippen LogP contribution in [0.4, 0.5) is 13.6 Å². The van der Waals surface area contributed by atoms with E-state index in [1.54, 1.807) is 19.1 Å². The Morgan fingerprint density at radius 1 is 1.27 bits per heavy atom. The molecule has 0 aromatic heterocycles. The second-order valence-electron chi connectivity index (χ2n) is 5.14. The number of aliphatic hydroxyl groups is 1. The lowest BCUT2D eigenvalue weighted by molar-refractivity contribution is -0.0498. The number of hydrogen-bond donors (Lipinski definition) is 3. The summed E-state index contributed by atoms with van der Waals surface area (Å²) in [5.41, 5.74) is 0.778. The number of carbonyl (C=O) groups is 1.